The molecule has 1 heterocycles. The molecule has 2 aromatic rings. The molecule has 0 saturated carbocycles. The number of nitrogens with zero attached hydrogens (tertiary/aromatic N) is 1. The van der Waals surface area contributed by atoms with Crippen molar-refractivity contribution in [1.29, 1.82) is 0 Å². The summed E-state index contributed by atoms with van der Waals surface area (Å²) in [5, 5.41) is 5.39. The molecule has 1 saturated heterocycles. The van der Waals surface area contributed by atoms with Crippen molar-refractivity contribution in [1.82, 2.24) is 9.62 Å². The molecule has 136 valence electrons. The predicted molar refractivity (Wildman–Crippen MR) is 97.3 cm³/mol. The molecule has 2 N–H and O–H groups in total. The van der Waals surface area contributed by atoms with Gasteiger partial charge >= 0.3 is 0 Å². The minimum Gasteiger partial charge on any atom is -0.354 e. The Hall–Kier alpha value is -2.71. The molecule has 8 heteroatoms. The average Bonchev–Trinajstić information content (AvgIpc) is 2.63. The third kappa shape index (κ3) is 3.76. The first kappa shape index (κ1) is 18.1. The Kier molecular flexibility index (Phi) is 5.06. The number of aryl methyl sites for hydroxylation is 1. The van der Waals surface area contributed by atoms with Crippen molar-refractivity contribution in [3.05, 3.63) is 59.7 Å². The van der Waals surface area contributed by atoms with E-state index in [2.05, 4.69) is 10.6 Å². The lowest BCUT2D eigenvalue weighted by Gasteiger charge is -2.25. The second kappa shape index (κ2) is 7.27. The van der Waals surface area contributed by atoms with Gasteiger partial charge in [0.25, 0.3) is 5.91 Å². The number of carbonyl (C=O) groups is 2. The third-order valence-electron chi connectivity index (χ3n) is 4.15. The minimum absolute atomic E-state index is 0.0552. The van der Waals surface area contributed by atoms with Crippen LogP contribution in [0.4, 0.5) is 5.69 Å². The van der Waals surface area contributed by atoms with Gasteiger partial charge in [0.05, 0.1) is 11.4 Å². The quantitative estimate of drug-likeness (QED) is 0.846. The van der Waals surface area contributed by atoms with E-state index in [1.165, 1.54) is 24.3 Å². The maximum atomic E-state index is 12.6. The second-order valence-electron chi connectivity index (χ2n) is 5.98. The molecular weight excluding hydrogens is 354 g/mol. The lowest BCUT2D eigenvalue weighted by molar-refractivity contribution is -0.122. The van der Waals surface area contributed by atoms with Gasteiger partial charge in [0, 0.05) is 24.3 Å². The molecule has 1 fully saturated rings. The number of amides is 2. The Bertz CT molecular complexity index is 939. The molecule has 0 unspecified atom stereocenters. The van der Waals surface area contributed by atoms with Gasteiger partial charge in [-0.25, -0.2) is 8.42 Å². The van der Waals surface area contributed by atoms with Crippen molar-refractivity contribution < 1.29 is 18.0 Å². The number of piperazine rings is 1. The summed E-state index contributed by atoms with van der Waals surface area (Å²) in [6.07, 6.45) is 0. The van der Waals surface area contributed by atoms with Crippen molar-refractivity contribution in [2.24, 2.45) is 0 Å². The topological polar surface area (TPSA) is 95.6 Å². The molecule has 0 spiro atoms. The van der Waals surface area contributed by atoms with E-state index >= 15 is 0 Å². The first-order chi connectivity index (χ1) is 12.4. The Labute approximate surface area is 152 Å². The van der Waals surface area contributed by atoms with Crippen LogP contribution in [0.3, 0.4) is 0 Å². The number of hydrogen-bond donors (Lipinski definition) is 2. The Morgan fingerprint density at radius 3 is 2.46 bits per heavy atom. The molecule has 1 aliphatic heterocycles. The Morgan fingerprint density at radius 2 is 1.81 bits per heavy atom. The van der Waals surface area contributed by atoms with Gasteiger partial charge in [-0.3, -0.25) is 9.59 Å². The number of benzene rings is 2. The summed E-state index contributed by atoms with van der Waals surface area (Å²) in [4.78, 5) is 23.8. The zero-order chi connectivity index (χ0) is 18.7. The van der Waals surface area contributed by atoms with Crippen LogP contribution in [0, 0.1) is 6.92 Å². The maximum absolute atomic E-state index is 12.6. The van der Waals surface area contributed by atoms with E-state index in [0.717, 1.165) is 9.87 Å². The molecule has 1 aliphatic rings. The largest absolute Gasteiger partial charge is 0.354 e. The highest BCUT2D eigenvalue weighted by Crippen LogP contribution is 2.19. The molecule has 7 nitrogen and oxygen atoms in total. The molecule has 2 aromatic carbocycles. The molecule has 0 radical (unpaired) electrons. The van der Waals surface area contributed by atoms with Crippen molar-refractivity contribution in [2.75, 3.05) is 25.0 Å². The van der Waals surface area contributed by atoms with Crippen molar-refractivity contribution in [2.45, 2.75) is 11.8 Å². The zero-order valence-electron chi connectivity index (χ0n) is 14.2. The monoisotopic (exact) mass is 373 g/mol. The fourth-order valence-electron chi connectivity index (χ4n) is 2.66. The predicted octanol–water partition coefficient (Wildman–Crippen LogP) is 1.37. The van der Waals surface area contributed by atoms with E-state index in [4.69, 9.17) is 0 Å². The zero-order valence-corrected chi connectivity index (χ0v) is 15.0. The first-order valence-corrected chi connectivity index (χ1v) is 9.56. The van der Waals surface area contributed by atoms with E-state index in [9.17, 15) is 18.0 Å². The molecule has 0 atom stereocenters. The van der Waals surface area contributed by atoms with Crippen LogP contribution >= 0.6 is 0 Å². The number of sulfonamides is 1. The maximum Gasteiger partial charge on any atom is 0.255 e. The van der Waals surface area contributed by atoms with Gasteiger partial charge in [0.1, 0.15) is 0 Å². The number of rotatable bonds is 4. The fourth-order valence-corrected chi connectivity index (χ4v) is 4.05. The molecule has 0 aromatic heterocycles. The van der Waals surface area contributed by atoms with Crippen LogP contribution in [-0.4, -0.2) is 44.2 Å². The van der Waals surface area contributed by atoms with Gasteiger partial charge in [-0.2, -0.15) is 4.31 Å². The van der Waals surface area contributed by atoms with E-state index in [-0.39, 0.29) is 36.3 Å². The molecule has 26 heavy (non-hydrogen) atoms. The highest BCUT2D eigenvalue weighted by Gasteiger charge is 2.29. The van der Waals surface area contributed by atoms with Gasteiger partial charge in [0.2, 0.25) is 15.9 Å². The lowest BCUT2D eigenvalue weighted by atomic mass is 10.1. The number of para-hydroxylation sites is 1. The van der Waals surface area contributed by atoms with Crippen molar-refractivity contribution in [3.63, 3.8) is 0 Å². The summed E-state index contributed by atoms with van der Waals surface area (Å²) < 4.78 is 26.3. The molecule has 0 aliphatic carbocycles. The highest BCUT2D eigenvalue weighted by molar-refractivity contribution is 7.89. The van der Waals surface area contributed by atoms with Gasteiger partial charge in [0.15, 0.2) is 0 Å². The first-order valence-electron chi connectivity index (χ1n) is 8.12. The minimum atomic E-state index is -3.76. The van der Waals surface area contributed by atoms with Crippen molar-refractivity contribution >= 4 is 27.5 Å². The van der Waals surface area contributed by atoms with Crippen molar-refractivity contribution in [3.8, 4) is 0 Å². The van der Waals surface area contributed by atoms with Gasteiger partial charge < -0.3 is 10.6 Å². The summed E-state index contributed by atoms with van der Waals surface area (Å²) in [6, 6.07) is 13.1. The van der Waals surface area contributed by atoms with E-state index in [0.29, 0.717) is 11.3 Å². The smallest absolute Gasteiger partial charge is 0.255 e. The number of nitrogens with one attached hydrogen (secondary N) is 2. The second-order valence-corrected chi connectivity index (χ2v) is 7.92. The standard InChI is InChI=1S/C18H19N3O4S/c1-13-4-2-3-5-16(13)20-18(23)14-6-8-15(9-7-14)26(24,25)21-11-10-19-17(22)12-21/h2-9H,10-12H2,1H3,(H,19,22)(H,20,23). The summed E-state index contributed by atoms with van der Waals surface area (Å²) in [5.41, 5.74) is 1.99. The van der Waals surface area contributed by atoms with E-state index in [1.807, 2.05) is 25.1 Å². The fraction of sp³-hybridized carbons (Fsp3) is 0.222. The third-order valence-corrected chi connectivity index (χ3v) is 6.01. The molecule has 2 amide bonds. The van der Waals surface area contributed by atoms with E-state index < -0.39 is 10.0 Å². The summed E-state index contributed by atoms with van der Waals surface area (Å²) >= 11 is 0. The summed E-state index contributed by atoms with van der Waals surface area (Å²) in [7, 11) is -3.76. The number of carbonyl (C=O) groups excluding carboxylic acids is 2. The van der Waals surface area contributed by atoms with Crippen LogP contribution in [0.2, 0.25) is 0 Å². The Morgan fingerprint density at radius 1 is 1.12 bits per heavy atom. The molecular formula is C18H19N3O4S. The summed E-state index contributed by atoms with van der Waals surface area (Å²) in [5.74, 6) is -0.644. The number of anilines is 1. The van der Waals surface area contributed by atoms with Gasteiger partial charge in [-0.05, 0) is 42.8 Å². The van der Waals surface area contributed by atoms with Crippen LogP contribution in [0.15, 0.2) is 53.4 Å². The Balaban J connectivity index is 1.76. The van der Waals surface area contributed by atoms with Crippen LogP contribution in [0.5, 0.6) is 0 Å². The van der Waals surface area contributed by atoms with E-state index in [1.54, 1.807) is 6.07 Å². The van der Waals surface area contributed by atoms with Gasteiger partial charge in [-0.15, -0.1) is 0 Å². The molecule has 0 bridgehead atoms. The highest BCUT2D eigenvalue weighted by atomic mass is 32.2. The SMILES string of the molecule is Cc1ccccc1NC(=O)c1ccc(S(=O)(=O)N2CCNC(=O)C2)cc1. The van der Waals surface area contributed by atoms with Crippen LogP contribution in [-0.2, 0) is 14.8 Å². The van der Waals surface area contributed by atoms with Gasteiger partial charge in [-0.1, -0.05) is 18.2 Å². The van der Waals surface area contributed by atoms with Crippen LogP contribution < -0.4 is 10.6 Å². The lowest BCUT2D eigenvalue weighted by Crippen LogP contribution is -2.49. The average molecular weight is 373 g/mol. The number of hydrogen-bond acceptors (Lipinski definition) is 4. The normalized spacial score (nSPS) is 15.3. The van der Waals surface area contributed by atoms with Crippen LogP contribution in [0.1, 0.15) is 15.9 Å². The summed E-state index contributed by atoms with van der Waals surface area (Å²) in [6.45, 7) is 2.20. The molecule has 3 rings (SSSR count). The van der Waals surface area contributed by atoms with Crippen LogP contribution in [0.25, 0.3) is 0 Å².